The first-order valence-corrected chi connectivity index (χ1v) is 9.21. The molecule has 30 heavy (non-hydrogen) atoms. The molecule has 11 nitrogen and oxygen atoms in total. The van der Waals surface area contributed by atoms with Crippen molar-refractivity contribution >= 4 is 28.9 Å². The molecule has 158 valence electrons. The molecule has 0 aliphatic carbocycles. The zero-order chi connectivity index (χ0) is 21.5. The van der Waals surface area contributed by atoms with Crippen LogP contribution in [0.1, 0.15) is 16.8 Å². The fraction of sp³-hybridized carbons (Fsp3) is 0.263. The molecule has 0 saturated carbocycles. The number of nitrogens with one attached hydrogen (secondary N) is 2. The van der Waals surface area contributed by atoms with Crippen LogP contribution in [-0.4, -0.2) is 51.2 Å². The van der Waals surface area contributed by atoms with Crippen molar-refractivity contribution in [3.05, 3.63) is 53.7 Å². The normalized spacial score (nSPS) is 11.6. The molecular weight excluding hydrogens is 386 g/mol. The van der Waals surface area contributed by atoms with Gasteiger partial charge in [0, 0.05) is 43.4 Å². The van der Waals surface area contributed by atoms with Crippen molar-refractivity contribution in [2.75, 3.05) is 31.0 Å². The zero-order valence-electron chi connectivity index (χ0n) is 16.6. The molecule has 0 spiro atoms. The Morgan fingerprint density at radius 1 is 1.43 bits per heavy atom. The molecule has 0 amide bonds. The molecule has 11 heteroatoms. The Labute approximate surface area is 173 Å². The molecular formula is C19H25N9O2. The number of allylic oxidation sites excluding steroid dienone is 1. The number of aliphatic hydroxyl groups excluding tert-OH is 1. The second kappa shape index (κ2) is 9.78. The average Bonchev–Trinajstić information content (AvgIpc) is 3.14. The second-order valence-electron chi connectivity index (χ2n) is 6.48. The number of aliphatic hydroxyl groups is 1. The zero-order valence-corrected chi connectivity index (χ0v) is 16.6. The van der Waals surface area contributed by atoms with Crippen LogP contribution in [0.3, 0.4) is 0 Å². The summed E-state index contributed by atoms with van der Waals surface area (Å²) >= 11 is 0. The summed E-state index contributed by atoms with van der Waals surface area (Å²) in [5.74, 6) is 6.73. The van der Waals surface area contributed by atoms with Gasteiger partial charge in [-0.05, 0) is 17.7 Å². The minimum Gasteiger partial charge on any atom is -0.395 e. The number of rotatable bonds is 10. The number of pyridine rings is 1. The highest BCUT2D eigenvalue weighted by molar-refractivity contribution is 6.07. The van der Waals surface area contributed by atoms with Gasteiger partial charge in [0.2, 0.25) is 0 Å². The van der Waals surface area contributed by atoms with Crippen LogP contribution in [-0.2, 0) is 17.9 Å². The smallest absolute Gasteiger partial charge is 0.186 e. The molecule has 0 saturated heterocycles. The topological polar surface area (TPSA) is 164 Å². The van der Waals surface area contributed by atoms with Gasteiger partial charge in [-0.2, -0.15) is 5.10 Å². The lowest BCUT2D eigenvalue weighted by atomic mass is 10.2. The summed E-state index contributed by atoms with van der Waals surface area (Å²) in [6, 6.07) is 3.89. The first-order valence-electron chi connectivity index (χ1n) is 9.21. The SMILES string of the molecule is COCc1cnn2ccc(CN(N)c3nc(/C(C=N)=C/NCCO)cnc3N)cc12. The fourth-order valence-electron chi connectivity index (χ4n) is 2.89. The van der Waals surface area contributed by atoms with Crippen LogP contribution in [0.25, 0.3) is 11.1 Å². The van der Waals surface area contributed by atoms with Crippen LogP contribution in [0.5, 0.6) is 0 Å². The van der Waals surface area contributed by atoms with Crippen LogP contribution in [0, 0.1) is 5.41 Å². The third kappa shape index (κ3) is 4.71. The minimum atomic E-state index is -0.0232. The van der Waals surface area contributed by atoms with E-state index in [9.17, 15) is 0 Å². The monoisotopic (exact) mass is 411 g/mol. The third-order valence-electron chi connectivity index (χ3n) is 4.34. The van der Waals surface area contributed by atoms with Crippen molar-refractivity contribution < 1.29 is 9.84 Å². The van der Waals surface area contributed by atoms with Gasteiger partial charge < -0.3 is 26.3 Å². The van der Waals surface area contributed by atoms with Gasteiger partial charge in [-0.3, -0.25) is 5.01 Å². The van der Waals surface area contributed by atoms with Crippen molar-refractivity contribution in [2.45, 2.75) is 13.2 Å². The number of hydrazine groups is 1. The van der Waals surface area contributed by atoms with E-state index < -0.39 is 0 Å². The predicted octanol–water partition coefficient (Wildman–Crippen LogP) is 0.306. The van der Waals surface area contributed by atoms with Crippen LogP contribution >= 0.6 is 0 Å². The Morgan fingerprint density at radius 2 is 2.27 bits per heavy atom. The Balaban J connectivity index is 1.85. The summed E-state index contributed by atoms with van der Waals surface area (Å²) in [6.45, 7) is 1.13. The Bertz CT molecular complexity index is 1050. The maximum Gasteiger partial charge on any atom is 0.186 e. The first kappa shape index (κ1) is 21.2. The van der Waals surface area contributed by atoms with E-state index in [-0.39, 0.29) is 12.4 Å². The van der Waals surface area contributed by atoms with E-state index in [1.165, 1.54) is 11.2 Å². The molecule has 0 fully saturated rings. The highest BCUT2D eigenvalue weighted by Gasteiger charge is 2.14. The molecule has 0 aliphatic heterocycles. The van der Waals surface area contributed by atoms with Crippen molar-refractivity contribution in [1.29, 1.82) is 5.41 Å². The maximum atomic E-state index is 8.89. The van der Waals surface area contributed by atoms with Crippen molar-refractivity contribution in [3.63, 3.8) is 0 Å². The van der Waals surface area contributed by atoms with E-state index >= 15 is 0 Å². The molecule has 0 aliphatic rings. The molecule has 3 aromatic heterocycles. The number of fused-ring (bicyclic) bond motifs is 1. The van der Waals surface area contributed by atoms with Crippen LogP contribution in [0.15, 0.2) is 36.9 Å². The Kier molecular flexibility index (Phi) is 6.91. The predicted molar refractivity (Wildman–Crippen MR) is 115 cm³/mol. The lowest BCUT2D eigenvalue weighted by Gasteiger charge is -2.19. The summed E-state index contributed by atoms with van der Waals surface area (Å²) in [5, 5.41) is 25.1. The summed E-state index contributed by atoms with van der Waals surface area (Å²) in [4.78, 5) is 8.63. The van der Waals surface area contributed by atoms with Gasteiger partial charge in [0.05, 0.1) is 43.4 Å². The quantitative estimate of drug-likeness (QED) is 0.137. The molecule has 0 atom stereocenters. The van der Waals surface area contributed by atoms with E-state index in [2.05, 4.69) is 20.4 Å². The van der Waals surface area contributed by atoms with Crippen molar-refractivity contribution in [1.82, 2.24) is 24.9 Å². The van der Waals surface area contributed by atoms with Crippen LogP contribution in [0.4, 0.5) is 11.6 Å². The minimum absolute atomic E-state index is 0.0232. The number of hydrogen-bond donors (Lipinski definition) is 5. The van der Waals surface area contributed by atoms with E-state index in [1.807, 2.05) is 18.3 Å². The van der Waals surface area contributed by atoms with Gasteiger partial charge in [0.25, 0.3) is 0 Å². The van der Waals surface area contributed by atoms with E-state index in [0.717, 1.165) is 22.9 Å². The molecule has 0 aromatic carbocycles. The molecule has 3 rings (SSSR count). The average molecular weight is 411 g/mol. The summed E-state index contributed by atoms with van der Waals surface area (Å²) in [5.41, 5.74) is 9.74. The second-order valence-corrected chi connectivity index (χ2v) is 6.48. The number of nitrogen functional groups attached to an aromatic ring is 1. The number of anilines is 2. The molecule has 0 bridgehead atoms. The number of ether oxygens (including phenoxy) is 1. The Hall–Kier alpha value is -3.54. The Morgan fingerprint density at radius 3 is 3.00 bits per heavy atom. The van der Waals surface area contributed by atoms with Crippen LogP contribution < -0.4 is 21.9 Å². The highest BCUT2D eigenvalue weighted by atomic mass is 16.5. The van der Waals surface area contributed by atoms with Gasteiger partial charge in [-0.25, -0.2) is 20.3 Å². The number of methoxy groups -OCH3 is 1. The van der Waals surface area contributed by atoms with E-state index in [0.29, 0.717) is 36.8 Å². The summed E-state index contributed by atoms with van der Waals surface area (Å²) < 4.78 is 6.99. The third-order valence-corrected chi connectivity index (χ3v) is 4.34. The van der Waals surface area contributed by atoms with Crippen molar-refractivity contribution in [2.24, 2.45) is 5.84 Å². The van der Waals surface area contributed by atoms with Crippen LogP contribution in [0.2, 0.25) is 0 Å². The number of nitrogens with zero attached hydrogens (tertiary/aromatic N) is 5. The van der Waals surface area contributed by atoms with Gasteiger partial charge in [0.15, 0.2) is 11.6 Å². The summed E-state index contributed by atoms with van der Waals surface area (Å²) in [7, 11) is 1.64. The van der Waals surface area contributed by atoms with E-state index in [4.69, 9.17) is 26.8 Å². The van der Waals surface area contributed by atoms with E-state index in [1.54, 1.807) is 24.0 Å². The van der Waals surface area contributed by atoms with Gasteiger partial charge in [-0.15, -0.1) is 0 Å². The van der Waals surface area contributed by atoms with Gasteiger partial charge in [-0.1, -0.05) is 0 Å². The molecule has 3 aromatic rings. The van der Waals surface area contributed by atoms with Crippen molar-refractivity contribution in [3.8, 4) is 0 Å². The largest absolute Gasteiger partial charge is 0.395 e. The number of aromatic nitrogens is 4. The first-order chi connectivity index (χ1) is 14.6. The number of nitrogens with two attached hydrogens (primary N) is 2. The molecule has 3 heterocycles. The van der Waals surface area contributed by atoms with Gasteiger partial charge >= 0.3 is 0 Å². The van der Waals surface area contributed by atoms with Gasteiger partial charge in [0.1, 0.15) is 0 Å². The lowest BCUT2D eigenvalue weighted by molar-refractivity contribution is 0.186. The molecule has 0 radical (unpaired) electrons. The maximum absolute atomic E-state index is 8.89. The fourth-order valence-corrected chi connectivity index (χ4v) is 2.89. The molecule has 0 unspecified atom stereocenters. The molecule has 7 N–H and O–H groups in total. The number of hydrogen-bond acceptors (Lipinski definition) is 10. The lowest BCUT2D eigenvalue weighted by Crippen LogP contribution is -2.32. The standard InChI is InChI=1S/C19H25N9O2/c1-30-12-15-9-25-28-4-2-13(6-17(15)28)11-27(22)19-18(21)24-10-16(26-19)14(7-20)8-23-3-5-29/h2,4,6-10,20,23,29H,3,5,11-12,22H2,1H3,(H2,21,24)/b14-8+,20-7?. The highest BCUT2D eigenvalue weighted by Crippen LogP contribution is 2.21. The summed E-state index contributed by atoms with van der Waals surface area (Å²) in [6.07, 6.45) is 7.82.